The number of benzene rings is 1. The van der Waals surface area contributed by atoms with Crippen LogP contribution in [-0.2, 0) is 0 Å². The quantitative estimate of drug-likeness (QED) is 0.833. The summed E-state index contributed by atoms with van der Waals surface area (Å²) in [4.78, 5) is 14.4. The van der Waals surface area contributed by atoms with Gasteiger partial charge in [0, 0.05) is 30.7 Å². The van der Waals surface area contributed by atoms with Gasteiger partial charge in [0.15, 0.2) is 0 Å². The SMILES string of the molecule is COc1ccc(C(=O)NCCN(C(C)C)C(C)C)cc1. The molecule has 1 aromatic rings. The van der Waals surface area contributed by atoms with Gasteiger partial charge in [0.2, 0.25) is 0 Å². The molecule has 0 radical (unpaired) electrons. The normalized spacial score (nSPS) is 11.2. The van der Waals surface area contributed by atoms with Crippen molar-refractivity contribution in [3.05, 3.63) is 29.8 Å². The number of hydrogen-bond acceptors (Lipinski definition) is 3. The van der Waals surface area contributed by atoms with Crippen LogP contribution in [0.4, 0.5) is 0 Å². The number of rotatable bonds is 7. The number of ether oxygens (including phenoxy) is 1. The van der Waals surface area contributed by atoms with Crippen molar-refractivity contribution >= 4 is 5.91 Å². The van der Waals surface area contributed by atoms with Gasteiger partial charge in [-0.3, -0.25) is 9.69 Å². The zero-order chi connectivity index (χ0) is 15.1. The number of carbonyl (C=O) groups excluding carboxylic acids is 1. The van der Waals surface area contributed by atoms with E-state index < -0.39 is 0 Å². The summed E-state index contributed by atoms with van der Waals surface area (Å²) >= 11 is 0. The maximum atomic E-state index is 12.0. The predicted molar refractivity (Wildman–Crippen MR) is 82.3 cm³/mol. The molecule has 0 aliphatic carbocycles. The van der Waals surface area contributed by atoms with Crippen LogP contribution in [0.25, 0.3) is 0 Å². The third-order valence-corrected chi connectivity index (χ3v) is 3.33. The summed E-state index contributed by atoms with van der Waals surface area (Å²) in [5, 5.41) is 2.96. The molecule has 0 aliphatic heterocycles. The zero-order valence-corrected chi connectivity index (χ0v) is 13.1. The molecule has 0 spiro atoms. The van der Waals surface area contributed by atoms with Crippen LogP contribution < -0.4 is 10.1 Å². The fourth-order valence-electron chi connectivity index (χ4n) is 2.26. The van der Waals surface area contributed by atoms with Gasteiger partial charge in [-0.1, -0.05) is 0 Å². The van der Waals surface area contributed by atoms with E-state index >= 15 is 0 Å². The molecule has 20 heavy (non-hydrogen) atoms. The third kappa shape index (κ3) is 4.85. The van der Waals surface area contributed by atoms with Gasteiger partial charge in [0.05, 0.1) is 7.11 Å². The first-order valence-electron chi connectivity index (χ1n) is 7.13. The van der Waals surface area contributed by atoms with Crippen LogP contribution >= 0.6 is 0 Å². The van der Waals surface area contributed by atoms with Gasteiger partial charge in [-0.05, 0) is 52.0 Å². The topological polar surface area (TPSA) is 41.6 Å². The Balaban J connectivity index is 2.46. The Bertz CT molecular complexity index is 405. The number of carbonyl (C=O) groups is 1. The van der Waals surface area contributed by atoms with E-state index in [0.29, 0.717) is 24.2 Å². The number of nitrogens with one attached hydrogen (secondary N) is 1. The smallest absolute Gasteiger partial charge is 0.251 e. The third-order valence-electron chi connectivity index (χ3n) is 3.33. The minimum atomic E-state index is -0.0416. The van der Waals surface area contributed by atoms with Gasteiger partial charge >= 0.3 is 0 Å². The molecule has 0 fully saturated rings. The molecule has 1 N–H and O–H groups in total. The van der Waals surface area contributed by atoms with Crippen molar-refractivity contribution in [1.82, 2.24) is 10.2 Å². The summed E-state index contributed by atoms with van der Waals surface area (Å²) in [6.07, 6.45) is 0. The Hall–Kier alpha value is -1.55. The van der Waals surface area contributed by atoms with Gasteiger partial charge in [-0.15, -0.1) is 0 Å². The molecule has 1 rings (SSSR count). The lowest BCUT2D eigenvalue weighted by Gasteiger charge is -2.30. The Labute approximate surface area is 122 Å². The number of hydrogen-bond donors (Lipinski definition) is 1. The number of nitrogens with zero attached hydrogens (tertiary/aromatic N) is 1. The Morgan fingerprint density at radius 1 is 1.15 bits per heavy atom. The zero-order valence-electron chi connectivity index (χ0n) is 13.1. The summed E-state index contributed by atoms with van der Waals surface area (Å²) in [7, 11) is 1.61. The molecule has 1 aromatic carbocycles. The molecule has 112 valence electrons. The average Bonchev–Trinajstić information content (AvgIpc) is 2.42. The number of methoxy groups -OCH3 is 1. The van der Waals surface area contributed by atoms with Crippen molar-refractivity contribution in [2.75, 3.05) is 20.2 Å². The predicted octanol–water partition coefficient (Wildman–Crippen LogP) is 2.54. The molecule has 4 nitrogen and oxygen atoms in total. The summed E-state index contributed by atoms with van der Waals surface area (Å²) < 4.78 is 5.08. The molecule has 0 saturated heterocycles. The van der Waals surface area contributed by atoms with Crippen molar-refractivity contribution in [2.24, 2.45) is 0 Å². The van der Waals surface area contributed by atoms with Crippen LogP contribution in [-0.4, -0.2) is 43.1 Å². The van der Waals surface area contributed by atoms with Gasteiger partial charge in [-0.25, -0.2) is 0 Å². The monoisotopic (exact) mass is 278 g/mol. The molecule has 0 saturated carbocycles. The first kappa shape index (κ1) is 16.5. The summed E-state index contributed by atoms with van der Waals surface area (Å²) in [6.45, 7) is 10.2. The van der Waals surface area contributed by atoms with Gasteiger partial charge in [0.25, 0.3) is 5.91 Å². The van der Waals surface area contributed by atoms with Crippen LogP contribution in [0.15, 0.2) is 24.3 Å². The van der Waals surface area contributed by atoms with Crippen LogP contribution in [0.1, 0.15) is 38.1 Å². The van der Waals surface area contributed by atoms with Gasteiger partial charge in [0.1, 0.15) is 5.75 Å². The maximum absolute atomic E-state index is 12.0. The Kier molecular flexibility index (Phi) is 6.52. The van der Waals surface area contributed by atoms with Gasteiger partial charge in [-0.2, -0.15) is 0 Å². The molecule has 0 heterocycles. The van der Waals surface area contributed by atoms with Crippen molar-refractivity contribution in [2.45, 2.75) is 39.8 Å². The first-order valence-corrected chi connectivity index (χ1v) is 7.13. The van der Waals surface area contributed by atoms with Crippen molar-refractivity contribution in [3.8, 4) is 5.75 Å². The van der Waals surface area contributed by atoms with Crippen molar-refractivity contribution in [3.63, 3.8) is 0 Å². The van der Waals surface area contributed by atoms with Gasteiger partial charge < -0.3 is 10.1 Å². The minimum absolute atomic E-state index is 0.0416. The fraction of sp³-hybridized carbons (Fsp3) is 0.562. The van der Waals surface area contributed by atoms with Crippen molar-refractivity contribution < 1.29 is 9.53 Å². The minimum Gasteiger partial charge on any atom is -0.497 e. The summed E-state index contributed by atoms with van der Waals surface area (Å²) in [6, 6.07) is 8.10. The van der Waals surface area contributed by atoms with E-state index in [-0.39, 0.29) is 5.91 Å². The van der Waals surface area contributed by atoms with E-state index in [1.807, 2.05) is 0 Å². The second-order valence-corrected chi connectivity index (χ2v) is 5.41. The van der Waals surface area contributed by atoms with E-state index in [1.165, 1.54) is 0 Å². The maximum Gasteiger partial charge on any atom is 0.251 e. The lowest BCUT2D eigenvalue weighted by Crippen LogP contribution is -2.42. The van der Waals surface area contributed by atoms with E-state index in [2.05, 4.69) is 37.9 Å². The van der Waals surface area contributed by atoms with E-state index in [4.69, 9.17) is 4.74 Å². The highest BCUT2D eigenvalue weighted by molar-refractivity contribution is 5.94. The highest BCUT2D eigenvalue weighted by Gasteiger charge is 2.13. The molecule has 0 bridgehead atoms. The largest absolute Gasteiger partial charge is 0.497 e. The molecule has 0 aromatic heterocycles. The Morgan fingerprint density at radius 2 is 1.70 bits per heavy atom. The van der Waals surface area contributed by atoms with Crippen LogP contribution in [0.2, 0.25) is 0 Å². The summed E-state index contributed by atoms with van der Waals surface area (Å²) in [5.74, 6) is 0.715. The number of amides is 1. The fourth-order valence-corrected chi connectivity index (χ4v) is 2.26. The highest BCUT2D eigenvalue weighted by atomic mass is 16.5. The standard InChI is InChI=1S/C16H26N2O2/c1-12(2)18(13(3)4)11-10-17-16(19)14-6-8-15(20-5)9-7-14/h6-9,12-13H,10-11H2,1-5H3,(H,17,19). The lowest BCUT2D eigenvalue weighted by atomic mass is 10.2. The average molecular weight is 278 g/mol. The molecular formula is C16H26N2O2. The van der Waals surface area contributed by atoms with E-state index in [0.717, 1.165) is 12.3 Å². The molecule has 1 amide bonds. The lowest BCUT2D eigenvalue weighted by molar-refractivity contribution is 0.0939. The molecular weight excluding hydrogens is 252 g/mol. The Morgan fingerprint density at radius 3 is 2.15 bits per heavy atom. The molecule has 0 aliphatic rings. The molecule has 0 unspecified atom stereocenters. The second kappa shape index (κ2) is 7.90. The van der Waals surface area contributed by atoms with Crippen LogP contribution in [0.5, 0.6) is 5.75 Å². The molecule has 0 atom stereocenters. The van der Waals surface area contributed by atoms with Crippen LogP contribution in [0, 0.1) is 0 Å². The van der Waals surface area contributed by atoms with Crippen molar-refractivity contribution in [1.29, 1.82) is 0 Å². The first-order chi connectivity index (χ1) is 9.45. The second-order valence-electron chi connectivity index (χ2n) is 5.41. The van der Waals surface area contributed by atoms with Crippen LogP contribution in [0.3, 0.4) is 0 Å². The van der Waals surface area contributed by atoms with E-state index in [1.54, 1.807) is 31.4 Å². The summed E-state index contributed by atoms with van der Waals surface area (Å²) in [5.41, 5.74) is 0.659. The molecule has 4 heteroatoms. The van der Waals surface area contributed by atoms with E-state index in [9.17, 15) is 4.79 Å². The highest BCUT2D eigenvalue weighted by Crippen LogP contribution is 2.11.